The minimum Gasteiger partial charge on any atom is -0.488 e. The standard InChI is InChI=1S/C18H17Cl2NO2/c19-10-9-15-12-21(11-13-5-7-14(20)8-6-13)18(22)16-3-1-2-4-17(16)23-15/h1-8,15H,9-12H2. The number of amides is 1. The van der Waals surface area contributed by atoms with Crippen LogP contribution in [0.2, 0.25) is 5.02 Å². The van der Waals surface area contributed by atoms with E-state index in [0.717, 1.165) is 5.56 Å². The molecule has 23 heavy (non-hydrogen) atoms. The van der Waals surface area contributed by atoms with E-state index in [2.05, 4.69) is 0 Å². The number of carbonyl (C=O) groups is 1. The lowest BCUT2D eigenvalue weighted by Gasteiger charge is -2.24. The third kappa shape index (κ3) is 3.80. The molecule has 0 aliphatic carbocycles. The Balaban J connectivity index is 1.88. The van der Waals surface area contributed by atoms with Crippen molar-refractivity contribution in [3.8, 4) is 5.75 Å². The van der Waals surface area contributed by atoms with Crippen LogP contribution in [0.25, 0.3) is 0 Å². The Bertz CT molecular complexity index is 688. The first-order chi connectivity index (χ1) is 11.2. The first-order valence-corrected chi connectivity index (χ1v) is 8.44. The van der Waals surface area contributed by atoms with Crippen molar-refractivity contribution >= 4 is 29.1 Å². The minimum atomic E-state index is -0.104. The number of alkyl halides is 1. The van der Waals surface area contributed by atoms with Gasteiger partial charge in [-0.3, -0.25) is 4.79 Å². The van der Waals surface area contributed by atoms with E-state index in [4.69, 9.17) is 27.9 Å². The zero-order valence-corrected chi connectivity index (χ0v) is 14.1. The van der Waals surface area contributed by atoms with E-state index in [0.29, 0.717) is 41.7 Å². The van der Waals surface area contributed by atoms with Gasteiger partial charge >= 0.3 is 0 Å². The summed E-state index contributed by atoms with van der Waals surface area (Å²) in [6, 6.07) is 14.9. The predicted octanol–water partition coefficient (Wildman–Crippen LogP) is 4.37. The summed E-state index contributed by atoms with van der Waals surface area (Å²) in [6.45, 7) is 1.04. The van der Waals surface area contributed by atoms with Crippen molar-refractivity contribution in [3.63, 3.8) is 0 Å². The lowest BCUT2D eigenvalue weighted by atomic mass is 10.1. The van der Waals surface area contributed by atoms with Crippen LogP contribution in [0.15, 0.2) is 48.5 Å². The van der Waals surface area contributed by atoms with Gasteiger partial charge in [-0.2, -0.15) is 0 Å². The van der Waals surface area contributed by atoms with Gasteiger partial charge in [0.25, 0.3) is 5.91 Å². The molecule has 0 spiro atoms. The molecule has 0 fully saturated rings. The maximum Gasteiger partial charge on any atom is 0.258 e. The summed E-state index contributed by atoms with van der Waals surface area (Å²) in [6.07, 6.45) is 0.590. The molecule has 2 aromatic rings. The third-order valence-corrected chi connectivity index (χ3v) is 4.31. The lowest BCUT2D eigenvalue weighted by Crippen LogP contribution is -2.36. The van der Waals surface area contributed by atoms with Crippen LogP contribution in [0, 0.1) is 0 Å². The molecule has 1 heterocycles. The summed E-state index contributed by atoms with van der Waals surface area (Å²) < 4.78 is 5.99. The molecule has 2 aromatic carbocycles. The molecule has 1 atom stereocenters. The molecule has 0 N–H and O–H groups in total. The number of nitrogens with zero attached hydrogens (tertiary/aromatic N) is 1. The molecular formula is C18H17Cl2NO2. The number of rotatable bonds is 4. The Morgan fingerprint density at radius 1 is 1.13 bits per heavy atom. The summed E-state index contributed by atoms with van der Waals surface area (Å²) in [5.74, 6) is 1.11. The van der Waals surface area contributed by atoms with Gasteiger partial charge in [0.15, 0.2) is 0 Å². The van der Waals surface area contributed by atoms with Crippen molar-refractivity contribution in [1.82, 2.24) is 4.90 Å². The molecule has 1 amide bonds. The number of carbonyl (C=O) groups excluding carboxylic acids is 1. The minimum absolute atomic E-state index is 0.0207. The first-order valence-electron chi connectivity index (χ1n) is 7.53. The van der Waals surface area contributed by atoms with Crippen LogP contribution in [0.1, 0.15) is 22.3 Å². The average Bonchev–Trinajstić information content (AvgIpc) is 2.68. The highest BCUT2D eigenvalue weighted by Crippen LogP contribution is 2.27. The zero-order chi connectivity index (χ0) is 16.2. The van der Waals surface area contributed by atoms with Crippen LogP contribution >= 0.6 is 23.2 Å². The number of para-hydroxylation sites is 1. The molecular weight excluding hydrogens is 333 g/mol. The van der Waals surface area contributed by atoms with Gasteiger partial charge in [-0.05, 0) is 36.2 Å². The topological polar surface area (TPSA) is 29.5 Å². The fourth-order valence-electron chi connectivity index (χ4n) is 2.68. The molecule has 0 saturated carbocycles. The van der Waals surface area contributed by atoms with Crippen LogP contribution < -0.4 is 4.74 Å². The van der Waals surface area contributed by atoms with E-state index in [1.807, 2.05) is 47.4 Å². The van der Waals surface area contributed by atoms with Gasteiger partial charge in [0, 0.05) is 17.4 Å². The SMILES string of the molecule is O=C1c2ccccc2OC(CCCl)CN1Cc1ccc(Cl)cc1. The van der Waals surface area contributed by atoms with Gasteiger partial charge in [-0.15, -0.1) is 11.6 Å². The summed E-state index contributed by atoms with van der Waals surface area (Å²) in [7, 11) is 0. The highest BCUT2D eigenvalue weighted by molar-refractivity contribution is 6.30. The van der Waals surface area contributed by atoms with E-state index < -0.39 is 0 Å². The van der Waals surface area contributed by atoms with Gasteiger partial charge < -0.3 is 9.64 Å². The Hall–Kier alpha value is -1.71. The summed E-state index contributed by atoms with van der Waals surface area (Å²) in [5.41, 5.74) is 1.63. The molecule has 3 rings (SSSR count). The second kappa shape index (κ2) is 7.24. The molecule has 0 aromatic heterocycles. The van der Waals surface area contributed by atoms with Crippen molar-refractivity contribution in [2.75, 3.05) is 12.4 Å². The van der Waals surface area contributed by atoms with Crippen molar-refractivity contribution in [2.24, 2.45) is 0 Å². The Kier molecular flexibility index (Phi) is 5.09. The summed E-state index contributed by atoms with van der Waals surface area (Å²) in [4.78, 5) is 14.7. The molecule has 1 unspecified atom stereocenters. The van der Waals surface area contributed by atoms with Gasteiger partial charge in [0.2, 0.25) is 0 Å². The number of hydrogen-bond acceptors (Lipinski definition) is 2. The van der Waals surface area contributed by atoms with Crippen LogP contribution in [0.3, 0.4) is 0 Å². The molecule has 0 bridgehead atoms. The summed E-state index contributed by atoms with van der Waals surface area (Å²) in [5, 5.41) is 0.685. The average molecular weight is 350 g/mol. The van der Waals surface area contributed by atoms with E-state index in [9.17, 15) is 4.79 Å². The Morgan fingerprint density at radius 3 is 2.61 bits per heavy atom. The predicted molar refractivity (Wildman–Crippen MR) is 92.4 cm³/mol. The quantitative estimate of drug-likeness (QED) is 0.767. The molecule has 1 aliphatic heterocycles. The van der Waals surface area contributed by atoms with Crippen molar-refractivity contribution in [2.45, 2.75) is 19.1 Å². The Morgan fingerprint density at radius 2 is 1.87 bits per heavy atom. The smallest absolute Gasteiger partial charge is 0.258 e. The molecule has 0 radical (unpaired) electrons. The highest BCUT2D eigenvalue weighted by Gasteiger charge is 2.28. The van der Waals surface area contributed by atoms with Gasteiger partial charge in [0.05, 0.1) is 12.1 Å². The fourth-order valence-corrected chi connectivity index (χ4v) is 3.05. The highest BCUT2D eigenvalue weighted by atomic mass is 35.5. The van der Waals surface area contributed by atoms with Gasteiger partial charge in [-0.1, -0.05) is 35.9 Å². The van der Waals surface area contributed by atoms with E-state index in [1.54, 1.807) is 6.07 Å². The van der Waals surface area contributed by atoms with Crippen LogP contribution in [0.5, 0.6) is 5.75 Å². The van der Waals surface area contributed by atoms with E-state index in [1.165, 1.54) is 0 Å². The van der Waals surface area contributed by atoms with Crippen LogP contribution in [0.4, 0.5) is 0 Å². The zero-order valence-electron chi connectivity index (χ0n) is 12.5. The number of ether oxygens (including phenoxy) is 1. The monoisotopic (exact) mass is 349 g/mol. The lowest BCUT2D eigenvalue weighted by molar-refractivity contribution is 0.0693. The molecule has 120 valence electrons. The molecule has 0 saturated heterocycles. The fraction of sp³-hybridized carbons (Fsp3) is 0.278. The maximum atomic E-state index is 12.8. The van der Waals surface area contributed by atoms with Crippen LogP contribution in [-0.2, 0) is 6.54 Å². The van der Waals surface area contributed by atoms with Crippen molar-refractivity contribution in [3.05, 3.63) is 64.7 Å². The normalized spacial score (nSPS) is 17.4. The van der Waals surface area contributed by atoms with E-state index in [-0.39, 0.29) is 12.0 Å². The number of hydrogen-bond donors (Lipinski definition) is 0. The second-order valence-electron chi connectivity index (χ2n) is 5.53. The number of halogens is 2. The Labute approximate surface area is 145 Å². The molecule has 3 nitrogen and oxygen atoms in total. The molecule has 5 heteroatoms. The second-order valence-corrected chi connectivity index (χ2v) is 6.34. The largest absolute Gasteiger partial charge is 0.488 e. The van der Waals surface area contributed by atoms with Crippen molar-refractivity contribution < 1.29 is 9.53 Å². The van der Waals surface area contributed by atoms with E-state index >= 15 is 0 Å². The van der Waals surface area contributed by atoms with Crippen molar-refractivity contribution in [1.29, 1.82) is 0 Å². The maximum absolute atomic E-state index is 12.8. The molecule has 1 aliphatic rings. The summed E-state index contributed by atoms with van der Waals surface area (Å²) >= 11 is 11.8. The number of fused-ring (bicyclic) bond motifs is 1. The van der Waals surface area contributed by atoms with Crippen LogP contribution in [-0.4, -0.2) is 29.3 Å². The number of benzene rings is 2. The van der Waals surface area contributed by atoms with Gasteiger partial charge in [0.1, 0.15) is 11.9 Å². The van der Waals surface area contributed by atoms with Gasteiger partial charge in [-0.25, -0.2) is 0 Å². The third-order valence-electron chi connectivity index (χ3n) is 3.84. The first kappa shape index (κ1) is 16.2.